The van der Waals surface area contributed by atoms with Crippen LogP contribution in [0.25, 0.3) is 0 Å². The van der Waals surface area contributed by atoms with Crippen LogP contribution in [-0.2, 0) is 0 Å². The average molecular weight is 148 g/mol. The van der Waals surface area contributed by atoms with Gasteiger partial charge in [0.2, 0.25) is 5.82 Å². The second-order valence-corrected chi connectivity index (χ2v) is 1.77. The average Bonchev–Trinajstić information content (AvgIpc) is 2.05. The fraction of sp³-hybridized carbons (Fsp3) is 0. The van der Waals surface area contributed by atoms with Gasteiger partial charge in [0.25, 0.3) is 5.91 Å². The molecule has 54 valence electrons. The van der Waals surface area contributed by atoms with E-state index in [1.165, 1.54) is 12.4 Å². The van der Waals surface area contributed by atoms with Crippen LogP contribution in [0.2, 0.25) is 0 Å². The zero-order valence-corrected chi connectivity index (χ0v) is 5.48. The highest BCUT2D eigenvalue weighted by molar-refractivity contribution is 5.92. The van der Waals surface area contributed by atoms with Gasteiger partial charge >= 0.3 is 0 Å². The molecule has 1 aromatic heterocycles. The summed E-state index contributed by atoms with van der Waals surface area (Å²) in [4.78, 5) is 17.6. The highest BCUT2D eigenvalue weighted by atomic mass is 16.1. The Balaban J connectivity index is 3.03. The number of carbonyl (C=O) groups is 1. The number of aromatic nitrogens is 2. The number of primary amides is 1. The molecule has 0 saturated heterocycles. The standard InChI is InChI=1S/C6H4N4O/c7-1-5-9-2-4(3-10-5)6(8)11/h2-3H,(H2,8,11). The lowest BCUT2D eigenvalue weighted by atomic mass is 10.3. The molecule has 1 heterocycles. The van der Waals surface area contributed by atoms with Crippen molar-refractivity contribution in [1.29, 1.82) is 5.26 Å². The van der Waals surface area contributed by atoms with Gasteiger partial charge in [0.05, 0.1) is 5.56 Å². The van der Waals surface area contributed by atoms with E-state index in [0.717, 1.165) is 0 Å². The number of nitrogens with two attached hydrogens (primary N) is 1. The summed E-state index contributed by atoms with van der Waals surface area (Å²) < 4.78 is 0. The van der Waals surface area contributed by atoms with Crippen molar-refractivity contribution >= 4 is 5.91 Å². The molecule has 0 saturated carbocycles. The first-order valence-corrected chi connectivity index (χ1v) is 2.76. The number of carbonyl (C=O) groups excluding carboxylic acids is 1. The highest BCUT2D eigenvalue weighted by Crippen LogP contribution is 1.92. The van der Waals surface area contributed by atoms with Crippen molar-refractivity contribution in [3.63, 3.8) is 0 Å². The Morgan fingerprint density at radius 3 is 2.45 bits per heavy atom. The number of amides is 1. The minimum absolute atomic E-state index is 0.0231. The van der Waals surface area contributed by atoms with E-state index in [0.29, 0.717) is 0 Å². The van der Waals surface area contributed by atoms with E-state index in [1.54, 1.807) is 6.07 Å². The summed E-state index contributed by atoms with van der Waals surface area (Å²) in [6, 6.07) is 1.72. The van der Waals surface area contributed by atoms with Gasteiger partial charge < -0.3 is 5.73 Å². The van der Waals surface area contributed by atoms with E-state index in [4.69, 9.17) is 11.0 Å². The Bertz CT molecular complexity index is 310. The molecule has 1 rings (SSSR count). The molecule has 2 N–H and O–H groups in total. The summed E-state index contributed by atoms with van der Waals surface area (Å²) in [6.45, 7) is 0. The van der Waals surface area contributed by atoms with Crippen LogP contribution in [0.15, 0.2) is 12.4 Å². The van der Waals surface area contributed by atoms with Gasteiger partial charge in [-0.05, 0) is 0 Å². The van der Waals surface area contributed by atoms with Crippen molar-refractivity contribution in [1.82, 2.24) is 9.97 Å². The van der Waals surface area contributed by atoms with Crippen LogP contribution in [0.5, 0.6) is 0 Å². The summed E-state index contributed by atoms with van der Waals surface area (Å²) >= 11 is 0. The molecule has 5 nitrogen and oxygen atoms in total. The molecule has 0 aromatic carbocycles. The second kappa shape index (κ2) is 2.75. The summed E-state index contributed by atoms with van der Waals surface area (Å²) in [6.07, 6.45) is 2.43. The van der Waals surface area contributed by atoms with E-state index < -0.39 is 5.91 Å². The summed E-state index contributed by atoms with van der Waals surface area (Å²) in [7, 11) is 0. The third-order valence-electron chi connectivity index (χ3n) is 1.04. The lowest BCUT2D eigenvalue weighted by Gasteiger charge is -1.90. The first-order valence-electron chi connectivity index (χ1n) is 2.76. The predicted octanol–water partition coefficient (Wildman–Crippen LogP) is -0.553. The Morgan fingerprint density at radius 1 is 1.55 bits per heavy atom. The lowest BCUT2D eigenvalue weighted by Crippen LogP contribution is -2.11. The molecule has 0 spiro atoms. The molecule has 0 aliphatic rings. The highest BCUT2D eigenvalue weighted by Gasteiger charge is 2.00. The Hall–Kier alpha value is -1.96. The van der Waals surface area contributed by atoms with Gasteiger partial charge in [-0.3, -0.25) is 4.79 Å². The summed E-state index contributed by atoms with van der Waals surface area (Å²) in [5.41, 5.74) is 5.10. The SMILES string of the molecule is N#Cc1ncc(C(N)=O)cn1. The number of rotatable bonds is 1. The molecule has 0 unspecified atom stereocenters. The fourth-order valence-electron chi connectivity index (χ4n) is 0.513. The zero-order chi connectivity index (χ0) is 8.27. The molecule has 0 aliphatic heterocycles. The molecule has 0 atom stereocenters. The molecular weight excluding hydrogens is 144 g/mol. The topological polar surface area (TPSA) is 92.7 Å². The van der Waals surface area contributed by atoms with Crippen molar-refractivity contribution in [2.45, 2.75) is 0 Å². The van der Waals surface area contributed by atoms with Crippen LogP contribution < -0.4 is 5.73 Å². The third kappa shape index (κ3) is 1.49. The largest absolute Gasteiger partial charge is 0.366 e. The maximum atomic E-state index is 10.5. The quantitative estimate of drug-likeness (QED) is 0.578. The van der Waals surface area contributed by atoms with Crippen LogP contribution >= 0.6 is 0 Å². The normalized spacial score (nSPS) is 8.64. The maximum absolute atomic E-state index is 10.5. The molecule has 1 aromatic rings. The third-order valence-corrected chi connectivity index (χ3v) is 1.04. The molecular formula is C6H4N4O. The van der Waals surface area contributed by atoms with Gasteiger partial charge in [0.15, 0.2) is 0 Å². The minimum atomic E-state index is -0.602. The van der Waals surface area contributed by atoms with Crippen LogP contribution in [0.1, 0.15) is 16.2 Å². The van der Waals surface area contributed by atoms with E-state index in [1.807, 2.05) is 0 Å². The van der Waals surface area contributed by atoms with E-state index >= 15 is 0 Å². The van der Waals surface area contributed by atoms with Gasteiger partial charge in [-0.2, -0.15) is 5.26 Å². The number of nitriles is 1. The Morgan fingerprint density at radius 2 is 2.09 bits per heavy atom. The maximum Gasteiger partial charge on any atom is 0.251 e. The molecule has 1 amide bonds. The molecule has 5 heteroatoms. The van der Waals surface area contributed by atoms with Crippen molar-refractivity contribution in [2.75, 3.05) is 0 Å². The van der Waals surface area contributed by atoms with Crippen molar-refractivity contribution < 1.29 is 4.79 Å². The monoisotopic (exact) mass is 148 g/mol. The van der Waals surface area contributed by atoms with Crippen molar-refractivity contribution in [2.24, 2.45) is 5.73 Å². The zero-order valence-electron chi connectivity index (χ0n) is 5.48. The van der Waals surface area contributed by atoms with Crippen LogP contribution in [0.4, 0.5) is 0 Å². The Labute approximate surface area is 62.5 Å². The first-order chi connectivity index (χ1) is 5.24. The van der Waals surface area contributed by atoms with Gasteiger partial charge in [0, 0.05) is 12.4 Å². The van der Waals surface area contributed by atoms with Crippen molar-refractivity contribution in [3.05, 3.63) is 23.8 Å². The molecule has 0 fully saturated rings. The van der Waals surface area contributed by atoms with Crippen LogP contribution in [-0.4, -0.2) is 15.9 Å². The number of nitrogens with zero attached hydrogens (tertiary/aromatic N) is 3. The van der Waals surface area contributed by atoms with Gasteiger partial charge in [-0.15, -0.1) is 0 Å². The van der Waals surface area contributed by atoms with E-state index in [-0.39, 0.29) is 11.4 Å². The van der Waals surface area contributed by atoms with E-state index in [9.17, 15) is 4.79 Å². The number of hydrogen-bond acceptors (Lipinski definition) is 4. The first kappa shape index (κ1) is 7.15. The molecule has 0 aliphatic carbocycles. The smallest absolute Gasteiger partial charge is 0.251 e. The minimum Gasteiger partial charge on any atom is -0.366 e. The predicted molar refractivity (Wildman–Crippen MR) is 35.3 cm³/mol. The molecule has 11 heavy (non-hydrogen) atoms. The summed E-state index contributed by atoms with van der Waals surface area (Å²) in [5, 5.41) is 8.28. The fourth-order valence-corrected chi connectivity index (χ4v) is 0.513. The van der Waals surface area contributed by atoms with Crippen molar-refractivity contribution in [3.8, 4) is 6.07 Å². The van der Waals surface area contributed by atoms with Gasteiger partial charge in [-0.1, -0.05) is 0 Å². The number of hydrogen-bond donors (Lipinski definition) is 1. The lowest BCUT2D eigenvalue weighted by molar-refractivity contribution is 0.0999. The van der Waals surface area contributed by atoms with Crippen LogP contribution in [0.3, 0.4) is 0 Å². The van der Waals surface area contributed by atoms with Crippen LogP contribution in [0, 0.1) is 11.3 Å². The van der Waals surface area contributed by atoms with Gasteiger partial charge in [0.1, 0.15) is 6.07 Å². The van der Waals surface area contributed by atoms with Gasteiger partial charge in [-0.25, -0.2) is 9.97 Å². The molecule has 0 bridgehead atoms. The second-order valence-electron chi connectivity index (χ2n) is 1.77. The summed E-state index contributed by atoms with van der Waals surface area (Å²) in [5.74, 6) is -0.579. The Kier molecular flexibility index (Phi) is 1.79. The molecule has 0 radical (unpaired) electrons. The van der Waals surface area contributed by atoms with E-state index in [2.05, 4.69) is 9.97 Å².